The van der Waals surface area contributed by atoms with Crippen LogP contribution in [-0.2, 0) is 10.2 Å². The Kier molecular flexibility index (Phi) is 6.44. The molecule has 1 aromatic rings. The Hall–Kier alpha value is -0.930. The van der Waals surface area contributed by atoms with Crippen molar-refractivity contribution < 1.29 is 13.2 Å². The third kappa shape index (κ3) is 4.00. The zero-order valence-corrected chi connectivity index (χ0v) is 15.9. The maximum atomic E-state index is 12.5. The van der Waals surface area contributed by atoms with E-state index in [1.54, 1.807) is 18.7 Å². The average molecular weight is 395 g/mol. The molecule has 0 bridgehead atoms. The highest BCUT2D eigenvalue weighted by Gasteiger charge is 2.32. The lowest BCUT2D eigenvalue weighted by Crippen LogP contribution is -2.54. The van der Waals surface area contributed by atoms with Crippen molar-refractivity contribution in [3.05, 3.63) is 28.0 Å². The van der Waals surface area contributed by atoms with Crippen LogP contribution in [0.3, 0.4) is 0 Å². The van der Waals surface area contributed by atoms with Gasteiger partial charge in [0.25, 0.3) is 16.1 Å². The Labute approximate surface area is 152 Å². The Morgan fingerprint density at radius 3 is 2.25 bits per heavy atom. The van der Waals surface area contributed by atoms with Gasteiger partial charge in [-0.15, -0.1) is 0 Å². The predicted octanol–water partition coefficient (Wildman–Crippen LogP) is 1.73. The van der Waals surface area contributed by atoms with Crippen LogP contribution < -0.4 is 0 Å². The molecule has 0 unspecified atom stereocenters. The fourth-order valence-corrected chi connectivity index (χ4v) is 4.61. The molecule has 0 aliphatic carbocycles. The van der Waals surface area contributed by atoms with E-state index < -0.39 is 10.2 Å². The third-order valence-corrected chi connectivity index (χ3v) is 6.61. The Balaban J connectivity index is 2.06. The van der Waals surface area contributed by atoms with Crippen molar-refractivity contribution in [1.29, 1.82) is 0 Å². The summed E-state index contributed by atoms with van der Waals surface area (Å²) < 4.78 is 27.8. The van der Waals surface area contributed by atoms with E-state index in [4.69, 9.17) is 23.2 Å². The molecule has 0 radical (unpaired) electrons. The molecular weight excluding hydrogens is 375 g/mol. The van der Waals surface area contributed by atoms with Crippen LogP contribution in [0.2, 0.25) is 10.3 Å². The monoisotopic (exact) mass is 394 g/mol. The van der Waals surface area contributed by atoms with E-state index in [1.165, 1.54) is 20.7 Å². The number of carbonyl (C=O) groups is 1. The van der Waals surface area contributed by atoms with Crippen molar-refractivity contribution in [1.82, 2.24) is 18.5 Å². The highest BCUT2D eigenvalue weighted by atomic mass is 35.5. The summed E-state index contributed by atoms with van der Waals surface area (Å²) in [5, 5.41) is 0.261. The van der Waals surface area contributed by atoms with Crippen LogP contribution in [0.5, 0.6) is 0 Å². The highest BCUT2D eigenvalue weighted by Crippen LogP contribution is 2.20. The molecule has 0 aromatic carbocycles. The van der Waals surface area contributed by atoms with E-state index in [0.717, 1.165) is 0 Å². The second-order valence-corrected chi connectivity index (χ2v) is 7.93. The van der Waals surface area contributed by atoms with Crippen LogP contribution in [0.15, 0.2) is 12.1 Å². The SMILES string of the molecule is CCN(CC)S(=O)(=O)N1CCN(C(=O)c2ccc(Cl)nc2Cl)CC1. The first kappa shape index (κ1) is 19.4. The molecule has 1 saturated heterocycles. The second-order valence-electron chi connectivity index (χ2n) is 5.26. The maximum Gasteiger partial charge on any atom is 0.282 e. The van der Waals surface area contributed by atoms with Crippen molar-refractivity contribution in [2.24, 2.45) is 0 Å². The number of hydrogen-bond donors (Lipinski definition) is 0. The van der Waals surface area contributed by atoms with Gasteiger partial charge in [0.2, 0.25) is 0 Å². The topological polar surface area (TPSA) is 73.8 Å². The number of amides is 1. The van der Waals surface area contributed by atoms with Crippen molar-refractivity contribution in [2.75, 3.05) is 39.3 Å². The number of rotatable bonds is 5. The van der Waals surface area contributed by atoms with Gasteiger partial charge in [-0.3, -0.25) is 4.79 Å². The Bertz CT molecular complexity index is 702. The van der Waals surface area contributed by atoms with E-state index in [-0.39, 0.29) is 34.9 Å². The molecule has 2 heterocycles. The van der Waals surface area contributed by atoms with Crippen LogP contribution in [-0.4, -0.2) is 72.1 Å². The summed E-state index contributed by atoms with van der Waals surface area (Å²) in [5.41, 5.74) is 0.265. The van der Waals surface area contributed by atoms with Gasteiger partial charge in [-0.25, -0.2) is 4.98 Å². The van der Waals surface area contributed by atoms with E-state index in [9.17, 15) is 13.2 Å². The van der Waals surface area contributed by atoms with Crippen LogP contribution in [0.1, 0.15) is 24.2 Å². The van der Waals surface area contributed by atoms with Gasteiger partial charge in [-0.05, 0) is 12.1 Å². The lowest BCUT2D eigenvalue weighted by atomic mass is 10.2. The van der Waals surface area contributed by atoms with Crippen molar-refractivity contribution >= 4 is 39.3 Å². The van der Waals surface area contributed by atoms with Gasteiger partial charge in [0.15, 0.2) is 0 Å². The molecule has 2 rings (SSSR count). The molecule has 10 heteroatoms. The molecule has 0 spiro atoms. The largest absolute Gasteiger partial charge is 0.336 e. The minimum Gasteiger partial charge on any atom is -0.336 e. The molecule has 1 fully saturated rings. The summed E-state index contributed by atoms with van der Waals surface area (Å²) in [6, 6.07) is 3.03. The summed E-state index contributed by atoms with van der Waals surface area (Å²) >= 11 is 11.7. The summed E-state index contributed by atoms with van der Waals surface area (Å²) in [4.78, 5) is 17.9. The maximum absolute atomic E-state index is 12.5. The summed E-state index contributed by atoms with van der Waals surface area (Å²) in [5.74, 6) is -0.274. The Morgan fingerprint density at radius 2 is 1.75 bits per heavy atom. The Morgan fingerprint density at radius 1 is 1.17 bits per heavy atom. The fourth-order valence-electron chi connectivity index (χ4n) is 2.58. The number of pyridine rings is 1. The molecule has 1 amide bonds. The zero-order chi connectivity index (χ0) is 17.9. The number of aromatic nitrogens is 1. The highest BCUT2D eigenvalue weighted by molar-refractivity contribution is 7.86. The molecule has 0 saturated carbocycles. The minimum atomic E-state index is -3.48. The van der Waals surface area contributed by atoms with Gasteiger partial charge in [0.05, 0.1) is 5.56 Å². The third-order valence-electron chi connectivity index (χ3n) is 3.93. The lowest BCUT2D eigenvalue weighted by Gasteiger charge is -2.36. The number of nitrogens with zero attached hydrogens (tertiary/aromatic N) is 4. The molecule has 1 aliphatic rings. The lowest BCUT2D eigenvalue weighted by molar-refractivity contribution is 0.0694. The van der Waals surface area contributed by atoms with Gasteiger partial charge >= 0.3 is 0 Å². The predicted molar refractivity (Wildman–Crippen MR) is 93.6 cm³/mol. The molecular formula is C14H20Cl2N4O3S. The van der Waals surface area contributed by atoms with Crippen molar-refractivity contribution in [3.8, 4) is 0 Å². The van der Waals surface area contributed by atoms with Crippen molar-refractivity contribution in [3.63, 3.8) is 0 Å². The molecule has 1 aliphatic heterocycles. The number of piperazine rings is 1. The molecule has 134 valence electrons. The van der Waals surface area contributed by atoms with Gasteiger partial charge < -0.3 is 4.90 Å². The first-order valence-electron chi connectivity index (χ1n) is 7.67. The van der Waals surface area contributed by atoms with Gasteiger partial charge in [0.1, 0.15) is 10.3 Å². The van der Waals surface area contributed by atoms with E-state index in [0.29, 0.717) is 26.2 Å². The van der Waals surface area contributed by atoms with Crippen LogP contribution in [0.25, 0.3) is 0 Å². The van der Waals surface area contributed by atoms with E-state index in [1.807, 2.05) is 0 Å². The smallest absolute Gasteiger partial charge is 0.282 e. The summed E-state index contributed by atoms with van der Waals surface area (Å²) in [6.07, 6.45) is 0. The first-order chi connectivity index (χ1) is 11.3. The van der Waals surface area contributed by atoms with Crippen LogP contribution >= 0.6 is 23.2 Å². The van der Waals surface area contributed by atoms with Crippen LogP contribution in [0.4, 0.5) is 0 Å². The summed E-state index contributed by atoms with van der Waals surface area (Å²) in [7, 11) is -3.48. The normalized spacial score (nSPS) is 16.6. The number of carbonyl (C=O) groups excluding carboxylic acids is 1. The first-order valence-corrected chi connectivity index (χ1v) is 9.83. The minimum absolute atomic E-state index is 0.0469. The van der Waals surface area contributed by atoms with Gasteiger partial charge in [-0.2, -0.15) is 17.0 Å². The van der Waals surface area contributed by atoms with E-state index >= 15 is 0 Å². The van der Waals surface area contributed by atoms with Crippen molar-refractivity contribution in [2.45, 2.75) is 13.8 Å². The summed E-state index contributed by atoms with van der Waals surface area (Å²) in [6.45, 7) is 5.56. The molecule has 1 aromatic heterocycles. The molecule has 24 heavy (non-hydrogen) atoms. The number of halogens is 2. The molecule has 0 atom stereocenters. The van der Waals surface area contributed by atoms with Crippen LogP contribution in [0, 0.1) is 0 Å². The van der Waals surface area contributed by atoms with E-state index in [2.05, 4.69) is 4.98 Å². The molecule has 7 nitrogen and oxygen atoms in total. The second kappa shape index (κ2) is 7.97. The quantitative estimate of drug-likeness (QED) is 0.712. The van der Waals surface area contributed by atoms with Gasteiger partial charge in [-0.1, -0.05) is 37.0 Å². The standard InChI is InChI=1S/C14H20Cl2N4O3S/c1-3-19(4-2)24(22,23)20-9-7-18(8-10-20)14(21)11-5-6-12(15)17-13(11)16/h5-6H,3-4,7-10H2,1-2H3. The number of hydrogen-bond acceptors (Lipinski definition) is 4. The zero-order valence-electron chi connectivity index (χ0n) is 13.6. The van der Waals surface area contributed by atoms with Gasteiger partial charge in [0, 0.05) is 39.3 Å². The average Bonchev–Trinajstić information content (AvgIpc) is 2.55. The fraction of sp³-hybridized carbons (Fsp3) is 0.571. The molecule has 0 N–H and O–H groups in total.